The molecule has 0 aromatic carbocycles. The Bertz CT molecular complexity index is 427. The van der Waals surface area contributed by atoms with Crippen LogP contribution >= 0.6 is 0 Å². The van der Waals surface area contributed by atoms with Crippen LogP contribution in [0.2, 0.25) is 0 Å². The van der Waals surface area contributed by atoms with Crippen LogP contribution in [-0.2, 0) is 22.1 Å². The smallest absolute Gasteiger partial charge is 0.156 e. The van der Waals surface area contributed by atoms with Crippen molar-refractivity contribution in [2.75, 3.05) is 0 Å². The molecular weight excluding hydrogens is 212 g/mol. The highest BCUT2D eigenvalue weighted by atomic mass is 32.2. The molecule has 84 valence electrons. The first kappa shape index (κ1) is 12.1. The van der Waals surface area contributed by atoms with E-state index in [1.165, 1.54) is 0 Å². The van der Waals surface area contributed by atoms with Crippen LogP contribution in [0.3, 0.4) is 0 Å². The summed E-state index contributed by atoms with van der Waals surface area (Å²) in [5.41, 5.74) is 6.89. The van der Waals surface area contributed by atoms with Gasteiger partial charge in [-0.05, 0) is 31.5 Å². The lowest BCUT2D eigenvalue weighted by molar-refractivity contribution is 0.586. The van der Waals surface area contributed by atoms with E-state index in [9.17, 15) is 8.42 Å². The fourth-order valence-electron chi connectivity index (χ4n) is 1.13. The summed E-state index contributed by atoms with van der Waals surface area (Å²) in [6, 6.07) is 3.44. The van der Waals surface area contributed by atoms with E-state index in [4.69, 9.17) is 5.73 Å². The molecule has 0 bridgehead atoms. The first-order valence-electron chi connectivity index (χ1n) is 4.81. The average Bonchev–Trinajstić information content (AvgIpc) is 2.17. The fourth-order valence-corrected chi connectivity index (χ4v) is 2.11. The largest absolute Gasteiger partial charge is 0.325 e. The molecule has 15 heavy (non-hydrogen) atoms. The van der Waals surface area contributed by atoms with E-state index in [0.29, 0.717) is 12.2 Å². The average molecular weight is 228 g/mol. The van der Waals surface area contributed by atoms with Gasteiger partial charge in [0.15, 0.2) is 9.84 Å². The number of hydrogen-bond donors (Lipinski definition) is 1. The molecule has 1 heterocycles. The topological polar surface area (TPSA) is 73.0 Å². The highest BCUT2D eigenvalue weighted by molar-refractivity contribution is 7.91. The van der Waals surface area contributed by atoms with Crippen molar-refractivity contribution in [3.8, 4) is 0 Å². The summed E-state index contributed by atoms with van der Waals surface area (Å²) >= 11 is 0. The molecule has 2 N–H and O–H groups in total. The molecule has 1 rings (SSSR count). The molecular formula is C10H16N2O2S. The van der Waals surface area contributed by atoms with Crippen molar-refractivity contribution in [2.24, 2.45) is 5.73 Å². The standard InChI is InChI=1S/C10H16N2O2S/c1-8(2)15(13,14)7-9-3-4-12-10(5-9)6-11/h3-5,8H,6-7,11H2,1-2H3. The summed E-state index contributed by atoms with van der Waals surface area (Å²) in [7, 11) is -3.04. The van der Waals surface area contributed by atoms with Crippen LogP contribution in [-0.4, -0.2) is 18.7 Å². The van der Waals surface area contributed by atoms with Crippen LogP contribution in [0.1, 0.15) is 25.1 Å². The van der Waals surface area contributed by atoms with Gasteiger partial charge in [0.2, 0.25) is 0 Å². The number of hydrogen-bond acceptors (Lipinski definition) is 4. The third-order valence-electron chi connectivity index (χ3n) is 2.18. The van der Waals surface area contributed by atoms with Gasteiger partial charge < -0.3 is 5.73 Å². The molecule has 0 saturated carbocycles. The predicted molar refractivity (Wildman–Crippen MR) is 59.9 cm³/mol. The number of aromatic nitrogens is 1. The Morgan fingerprint density at radius 2 is 2.13 bits per heavy atom. The molecule has 0 radical (unpaired) electrons. The highest BCUT2D eigenvalue weighted by Gasteiger charge is 2.16. The van der Waals surface area contributed by atoms with Crippen molar-refractivity contribution in [1.82, 2.24) is 4.98 Å². The number of nitrogens with two attached hydrogens (primary N) is 1. The molecule has 0 atom stereocenters. The van der Waals surface area contributed by atoms with E-state index in [2.05, 4.69) is 4.98 Å². The SMILES string of the molecule is CC(C)S(=O)(=O)Cc1ccnc(CN)c1. The van der Waals surface area contributed by atoms with E-state index in [0.717, 1.165) is 5.56 Å². The molecule has 0 unspecified atom stereocenters. The van der Waals surface area contributed by atoms with Crippen LogP contribution in [0.15, 0.2) is 18.3 Å². The van der Waals surface area contributed by atoms with Crippen molar-refractivity contribution >= 4 is 9.84 Å². The van der Waals surface area contributed by atoms with Crippen molar-refractivity contribution in [3.63, 3.8) is 0 Å². The van der Waals surface area contributed by atoms with Gasteiger partial charge >= 0.3 is 0 Å². The Kier molecular flexibility index (Phi) is 3.82. The summed E-state index contributed by atoms with van der Waals surface area (Å²) in [6.07, 6.45) is 1.59. The quantitative estimate of drug-likeness (QED) is 0.829. The second-order valence-electron chi connectivity index (χ2n) is 3.72. The van der Waals surface area contributed by atoms with Crippen LogP contribution in [0, 0.1) is 0 Å². The van der Waals surface area contributed by atoms with Crippen LogP contribution < -0.4 is 5.73 Å². The lowest BCUT2D eigenvalue weighted by Gasteiger charge is -2.08. The summed E-state index contributed by atoms with van der Waals surface area (Å²) < 4.78 is 23.3. The monoisotopic (exact) mass is 228 g/mol. The Morgan fingerprint density at radius 3 is 2.67 bits per heavy atom. The minimum absolute atomic E-state index is 0.0557. The van der Waals surface area contributed by atoms with E-state index in [1.807, 2.05) is 0 Å². The molecule has 1 aromatic rings. The van der Waals surface area contributed by atoms with Gasteiger partial charge in [0.25, 0.3) is 0 Å². The first-order valence-corrected chi connectivity index (χ1v) is 6.52. The molecule has 0 aliphatic rings. The van der Waals surface area contributed by atoms with E-state index in [1.54, 1.807) is 32.2 Å². The Labute approximate surface area is 90.4 Å². The summed E-state index contributed by atoms with van der Waals surface area (Å²) in [5, 5.41) is -0.355. The van der Waals surface area contributed by atoms with Gasteiger partial charge in [0.05, 0.1) is 16.7 Å². The Hall–Kier alpha value is -0.940. The normalized spacial score (nSPS) is 12.0. The van der Waals surface area contributed by atoms with Crippen LogP contribution in [0.5, 0.6) is 0 Å². The summed E-state index contributed by atoms with van der Waals surface area (Å²) in [4.78, 5) is 4.01. The summed E-state index contributed by atoms with van der Waals surface area (Å²) in [6.45, 7) is 3.69. The zero-order valence-electron chi connectivity index (χ0n) is 8.97. The maximum Gasteiger partial charge on any atom is 0.156 e. The molecule has 0 amide bonds. The predicted octanol–water partition coefficient (Wildman–Crippen LogP) is 0.863. The van der Waals surface area contributed by atoms with Crippen molar-refractivity contribution in [1.29, 1.82) is 0 Å². The van der Waals surface area contributed by atoms with Crippen LogP contribution in [0.25, 0.3) is 0 Å². The molecule has 0 aliphatic heterocycles. The molecule has 0 saturated heterocycles. The van der Waals surface area contributed by atoms with E-state index >= 15 is 0 Å². The summed E-state index contributed by atoms with van der Waals surface area (Å²) in [5.74, 6) is 0.0557. The minimum Gasteiger partial charge on any atom is -0.325 e. The zero-order valence-corrected chi connectivity index (χ0v) is 9.79. The fraction of sp³-hybridized carbons (Fsp3) is 0.500. The van der Waals surface area contributed by atoms with Gasteiger partial charge in [-0.1, -0.05) is 0 Å². The van der Waals surface area contributed by atoms with Gasteiger partial charge in [-0.15, -0.1) is 0 Å². The van der Waals surface area contributed by atoms with Gasteiger partial charge in [0.1, 0.15) is 0 Å². The molecule has 4 nitrogen and oxygen atoms in total. The lowest BCUT2D eigenvalue weighted by Crippen LogP contribution is -2.16. The van der Waals surface area contributed by atoms with Gasteiger partial charge in [-0.2, -0.15) is 0 Å². The molecule has 0 fully saturated rings. The maximum atomic E-state index is 11.6. The van der Waals surface area contributed by atoms with Gasteiger partial charge in [-0.25, -0.2) is 8.42 Å². The second-order valence-corrected chi connectivity index (χ2v) is 6.27. The number of nitrogens with zero attached hydrogens (tertiary/aromatic N) is 1. The van der Waals surface area contributed by atoms with E-state index < -0.39 is 9.84 Å². The van der Waals surface area contributed by atoms with Gasteiger partial charge in [-0.3, -0.25) is 4.98 Å². The molecule has 1 aromatic heterocycles. The van der Waals surface area contributed by atoms with Crippen molar-refractivity contribution in [2.45, 2.75) is 31.4 Å². The number of pyridine rings is 1. The van der Waals surface area contributed by atoms with E-state index in [-0.39, 0.29) is 11.0 Å². The Balaban J connectivity index is 2.90. The Morgan fingerprint density at radius 1 is 1.47 bits per heavy atom. The molecule has 0 aliphatic carbocycles. The highest BCUT2D eigenvalue weighted by Crippen LogP contribution is 2.11. The zero-order chi connectivity index (χ0) is 11.5. The third kappa shape index (κ3) is 3.28. The second kappa shape index (κ2) is 4.72. The number of rotatable bonds is 4. The molecule has 5 heteroatoms. The minimum atomic E-state index is -3.04. The number of sulfone groups is 1. The van der Waals surface area contributed by atoms with Gasteiger partial charge in [0, 0.05) is 12.7 Å². The van der Waals surface area contributed by atoms with Crippen LogP contribution in [0.4, 0.5) is 0 Å². The third-order valence-corrected chi connectivity index (χ3v) is 4.35. The lowest BCUT2D eigenvalue weighted by atomic mass is 10.2. The van der Waals surface area contributed by atoms with Crippen molar-refractivity contribution < 1.29 is 8.42 Å². The first-order chi connectivity index (χ1) is 6.95. The molecule has 0 spiro atoms. The van der Waals surface area contributed by atoms with Crippen molar-refractivity contribution in [3.05, 3.63) is 29.6 Å². The maximum absolute atomic E-state index is 11.6.